The first kappa shape index (κ1) is 111. The second-order valence-corrected chi connectivity index (χ2v) is 34.5. The molecule has 3 aromatic carbocycles. The predicted molar refractivity (Wildman–Crippen MR) is 506 cm³/mol. The monoisotopic (exact) mass is 1870 g/mol. The number of Topliss-reactive ketones (excluding diaryl/α,β-unsaturated/α-hetero) is 1. The second kappa shape index (κ2) is 61.9. The number of benzene rings is 3. The summed E-state index contributed by atoms with van der Waals surface area (Å²) in [5.74, 6) is -5.64. The molecule has 0 bridgehead atoms. The number of fused-ring (bicyclic) bond motifs is 1. The second-order valence-electron chi connectivity index (χ2n) is 34.5. The molecule has 1 aliphatic heterocycles. The number of unbranched alkanes of at least 4 members (excludes halogenated alkanes) is 2. The van der Waals surface area contributed by atoms with E-state index in [1.165, 1.54) is 5.57 Å². The predicted octanol–water partition coefficient (Wildman–Crippen LogP) is 7.92. The molecular formula is C97H144N16O21. The lowest BCUT2D eigenvalue weighted by Crippen LogP contribution is -2.63. The van der Waals surface area contributed by atoms with E-state index in [-0.39, 0.29) is 199 Å². The molecule has 0 saturated heterocycles. The highest BCUT2D eigenvalue weighted by atomic mass is 16.6. The number of para-hydroxylation sites is 1. The molecule has 0 radical (unpaired) electrons. The first-order valence-electron chi connectivity index (χ1n) is 46.8. The van der Waals surface area contributed by atoms with Crippen molar-refractivity contribution in [2.75, 3.05) is 103 Å². The lowest BCUT2D eigenvalue weighted by atomic mass is 9.80. The van der Waals surface area contributed by atoms with Gasteiger partial charge in [0.1, 0.15) is 35.6 Å². The minimum absolute atomic E-state index is 0. The highest BCUT2D eigenvalue weighted by molar-refractivity contribution is 6.01. The molecule has 2 saturated carbocycles. The summed E-state index contributed by atoms with van der Waals surface area (Å²) >= 11 is 0. The van der Waals surface area contributed by atoms with E-state index in [1.807, 2.05) is 62.4 Å². The normalized spacial score (nSPS) is 15.2. The van der Waals surface area contributed by atoms with Crippen LogP contribution in [0.25, 0.3) is 5.70 Å². The molecule has 0 spiro atoms. The van der Waals surface area contributed by atoms with Crippen molar-refractivity contribution in [3.8, 4) is 0 Å². The molecule has 5 atom stereocenters. The molecule has 37 heteroatoms. The Labute approximate surface area is 786 Å². The average molecular weight is 1870 g/mol. The molecule has 2 aliphatic carbocycles. The third kappa shape index (κ3) is 44.8. The van der Waals surface area contributed by atoms with E-state index in [0.717, 1.165) is 52.9 Å². The Morgan fingerprint density at radius 3 is 1.75 bits per heavy atom. The van der Waals surface area contributed by atoms with Crippen LogP contribution in [-0.2, 0) is 100 Å². The maximum absolute atomic E-state index is 14.5. The third-order valence-corrected chi connectivity index (χ3v) is 23.0. The third-order valence-electron chi connectivity index (χ3n) is 23.0. The van der Waals surface area contributed by atoms with Crippen molar-refractivity contribution in [3.05, 3.63) is 131 Å². The summed E-state index contributed by atoms with van der Waals surface area (Å²) in [4.78, 5) is 186. The van der Waals surface area contributed by atoms with Crippen LogP contribution in [0.5, 0.6) is 0 Å². The number of nitrogens with zero attached hydrogens (tertiary/aromatic N) is 2. The number of hydrogen-bond acceptors (Lipinski definition) is 23. The summed E-state index contributed by atoms with van der Waals surface area (Å²) in [6, 6.07) is 21.6. The number of allylic oxidation sites excluding steroid dienone is 1. The van der Waals surface area contributed by atoms with Gasteiger partial charge in [-0.1, -0.05) is 87.4 Å². The average Bonchev–Trinajstić information content (AvgIpc) is 0.791. The van der Waals surface area contributed by atoms with Gasteiger partial charge in [-0.2, -0.15) is 5.10 Å². The van der Waals surface area contributed by atoms with Gasteiger partial charge < -0.3 is 103 Å². The standard InChI is InChI=1S/C96H140N16O21.CH4/c1-66-19-6-7-24-77(66)109-93(126)105-72-36-31-69(32-37-72)64-86(119)107-79(26-9-12-49-99-81(114)41-33-70-20-16-48-98-65-70)90(123)108-80(27-15-28-87(120)121)91(124)110-96(46-10-5-11-47-96)92(125)103-54-58-132-62-61-131-56-52-101-82(115)42-38-73(113)21-17-55-129-59-60-130-57-53-102-83(116)43-44-84(117)106-78(89(97)122)25-8-13-50-104-94(127)133-74-22-14-23-75-67(2)111-112-88(76(75)40-39-74)71-34-29-68(30-35-71)63-85(118)100-51-18-45-95(3,4)128;/h6-7,16,19-20,24,29-32,34-37,48,65,74-75,78-80,112,128H,5,8-15,17-18,21-23,25-28,33,38-47,49-64H2,1-4H3,(H2,97,122)(H,99,114)(H,100,118)(H,101,115)(H,102,116)(H,103,125)(H,104,127)(H,106,117)(H,107,119)(H,108,123)(H,110,124)(H,120,121)(H2,105,109,126);1H4/t74?,75?,78-,79-,80-;/m0./s1. The number of carboxylic acid groups (broad SMARTS) is 1. The number of aryl methyl sites for hydroxylation is 2. The zero-order chi connectivity index (χ0) is 96.0. The molecule has 17 N–H and O–H groups in total. The Hall–Kier alpha value is -11.8. The number of nitrogens with one attached hydrogen (secondary N) is 13. The molecule has 7 rings (SSSR count). The summed E-state index contributed by atoms with van der Waals surface area (Å²) in [5, 5.41) is 57.8. The SMILES string of the molecule is C.CC1=NNC(c2ccc(CC(=O)NCCCC(C)(C)O)cc2)=C2CCC(OC(=O)NCCCC[C@H](NC(=O)CCC(=O)NCCOCCOCCCC(=O)CCC(=O)NCCOCCOCCNC(=O)C3(NC(=O)[C@H](CCCC(=O)O)NC(=O)[C@H](CCCCNC(=O)CCc4cccnc4)NC(=O)Cc4ccc(NC(=O)Nc5ccccc5C)cc4)CCCCC3)C(N)=O)CCCC12. The number of aliphatic carboxylic acids is 1. The number of carbonyl (C=O) groups excluding carboxylic acids is 13. The van der Waals surface area contributed by atoms with Crippen LogP contribution in [0.4, 0.5) is 21.0 Å². The van der Waals surface area contributed by atoms with Crippen molar-refractivity contribution in [1.82, 2.24) is 63.6 Å². The molecule has 2 unspecified atom stereocenters. The van der Waals surface area contributed by atoms with E-state index in [4.69, 9.17) is 29.4 Å². The zero-order valence-corrected chi connectivity index (χ0v) is 77.6. The van der Waals surface area contributed by atoms with Gasteiger partial charge >= 0.3 is 18.1 Å². The van der Waals surface area contributed by atoms with Crippen LogP contribution in [-0.4, -0.2) is 231 Å². The summed E-state index contributed by atoms with van der Waals surface area (Å²) < 4.78 is 28.3. The van der Waals surface area contributed by atoms with Gasteiger partial charge in [-0.15, -0.1) is 0 Å². The Bertz CT molecular complexity index is 4450. The number of primary amides is 1. The molecule has 2 heterocycles. The van der Waals surface area contributed by atoms with Crippen LogP contribution in [0.2, 0.25) is 0 Å². The fraction of sp³-hybridized carbons (Fsp3) is 0.588. The molecule has 134 heavy (non-hydrogen) atoms. The topological polar surface area (TPSA) is 533 Å². The fourth-order valence-electron chi connectivity index (χ4n) is 15.6. The zero-order valence-electron chi connectivity index (χ0n) is 77.6. The minimum Gasteiger partial charge on any atom is -0.481 e. The van der Waals surface area contributed by atoms with Gasteiger partial charge in [0.05, 0.1) is 70.4 Å². The van der Waals surface area contributed by atoms with Gasteiger partial charge in [0.25, 0.3) is 0 Å². The van der Waals surface area contributed by atoms with Gasteiger partial charge in [0.15, 0.2) is 0 Å². The number of nitrogens with two attached hydrogens (primary N) is 1. The number of aromatic nitrogens is 1. The summed E-state index contributed by atoms with van der Waals surface area (Å²) in [6.07, 6.45) is 13.0. The highest BCUT2D eigenvalue weighted by Gasteiger charge is 2.43. The van der Waals surface area contributed by atoms with E-state index in [0.29, 0.717) is 133 Å². The Morgan fingerprint density at radius 2 is 1.10 bits per heavy atom. The van der Waals surface area contributed by atoms with E-state index >= 15 is 0 Å². The number of alkyl carbamates (subject to hydrolysis) is 1. The van der Waals surface area contributed by atoms with Crippen LogP contribution in [0.15, 0.2) is 108 Å². The minimum atomic E-state index is -1.37. The Kier molecular flexibility index (Phi) is 51.2. The highest BCUT2D eigenvalue weighted by Crippen LogP contribution is 2.37. The number of ketones is 1. The molecule has 738 valence electrons. The number of ether oxygens (including phenoxy) is 5. The quantitative estimate of drug-likeness (QED) is 0.0187. The molecule has 13 amide bonds. The molecular weight excluding hydrogens is 1730 g/mol. The molecule has 37 nitrogen and oxygen atoms in total. The lowest BCUT2D eigenvalue weighted by Gasteiger charge is -2.38. The Morgan fingerprint density at radius 1 is 0.522 bits per heavy atom. The molecule has 3 aliphatic rings. The summed E-state index contributed by atoms with van der Waals surface area (Å²) in [5.41, 5.74) is 15.1. The number of hydrogen-bond donors (Lipinski definition) is 16. The fourth-order valence-corrected chi connectivity index (χ4v) is 15.6. The van der Waals surface area contributed by atoms with Crippen molar-refractivity contribution in [2.45, 2.75) is 270 Å². The first-order valence-corrected chi connectivity index (χ1v) is 46.8. The Balaban J connectivity index is 0.0000276. The van der Waals surface area contributed by atoms with Crippen LogP contribution in [0.1, 0.15) is 236 Å². The van der Waals surface area contributed by atoms with Crippen molar-refractivity contribution in [1.29, 1.82) is 0 Å². The van der Waals surface area contributed by atoms with E-state index in [1.54, 1.807) is 62.6 Å². The van der Waals surface area contributed by atoms with Crippen molar-refractivity contribution in [2.24, 2.45) is 16.8 Å². The number of rotatable bonds is 62. The van der Waals surface area contributed by atoms with Gasteiger partial charge in [-0.05, 0) is 207 Å². The van der Waals surface area contributed by atoms with Crippen LogP contribution < -0.4 is 75.0 Å². The summed E-state index contributed by atoms with van der Waals surface area (Å²) in [6.45, 7) is 10.4. The maximum atomic E-state index is 14.5. The number of amides is 13. The maximum Gasteiger partial charge on any atom is 0.407 e. The van der Waals surface area contributed by atoms with Crippen molar-refractivity contribution in [3.63, 3.8) is 0 Å². The number of carbonyl (C=O) groups is 14. The van der Waals surface area contributed by atoms with Crippen molar-refractivity contribution < 1.29 is 101 Å². The number of carboxylic acids is 1. The van der Waals surface area contributed by atoms with E-state index < -0.39 is 88.7 Å². The van der Waals surface area contributed by atoms with E-state index in [2.05, 4.69) is 79.3 Å². The molecule has 4 aromatic rings. The van der Waals surface area contributed by atoms with Crippen molar-refractivity contribution >= 4 is 106 Å². The first-order chi connectivity index (χ1) is 64.0. The molecule has 1 aromatic heterocycles. The number of hydrazone groups is 1. The number of urea groups is 1. The van der Waals surface area contributed by atoms with Crippen LogP contribution in [0.3, 0.4) is 0 Å². The van der Waals surface area contributed by atoms with E-state index in [9.17, 15) is 77.3 Å². The summed E-state index contributed by atoms with van der Waals surface area (Å²) in [7, 11) is 0. The van der Waals surface area contributed by atoms with Crippen LogP contribution >= 0.6 is 0 Å². The lowest BCUT2D eigenvalue weighted by molar-refractivity contribution is -0.138. The number of pyridine rings is 1. The van der Waals surface area contributed by atoms with Gasteiger partial charge in [-0.25, -0.2) is 9.59 Å². The van der Waals surface area contributed by atoms with Gasteiger partial charge in [0, 0.05) is 126 Å². The van der Waals surface area contributed by atoms with Crippen LogP contribution in [0, 0.1) is 12.8 Å². The number of anilines is 2. The smallest absolute Gasteiger partial charge is 0.407 e. The number of aliphatic hydroxyl groups is 1. The van der Waals surface area contributed by atoms with Gasteiger partial charge in [-0.3, -0.25) is 67.9 Å². The largest absolute Gasteiger partial charge is 0.481 e. The molecule has 2 fully saturated rings. The van der Waals surface area contributed by atoms with Gasteiger partial charge in [0.2, 0.25) is 59.1 Å².